The molecule has 0 spiro atoms. The molecule has 0 aliphatic carbocycles. The van der Waals surface area contributed by atoms with Crippen LogP contribution in [0.2, 0.25) is 4.34 Å². The number of hydrogen-bond acceptors (Lipinski definition) is 1. The van der Waals surface area contributed by atoms with Crippen LogP contribution in [0.5, 0.6) is 0 Å². The average Bonchev–Trinajstić information content (AvgIpc) is 2.32. The largest absolute Gasteiger partial charge is 0.132 e. The molecule has 0 bridgehead atoms. The first kappa shape index (κ1) is 10.1. The summed E-state index contributed by atoms with van der Waals surface area (Å²) in [6.45, 7) is 9.01. The summed E-state index contributed by atoms with van der Waals surface area (Å²) in [6, 6.07) is 2.07. The zero-order valence-corrected chi connectivity index (χ0v) is 9.59. The topological polar surface area (TPSA) is 0 Å². The molecule has 0 saturated carbocycles. The fourth-order valence-corrected chi connectivity index (χ4v) is 2.04. The lowest BCUT2D eigenvalue weighted by atomic mass is 9.79. The van der Waals surface area contributed by atoms with Crippen molar-refractivity contribution in [2.75, 3.05) is 0 Å². The highest BCUT2D eigenvalue weighted by atomic mass is 35.5. The minimum Gasteiger partial charge on any atom is -0.132 e. The van der Waals surface area contributed by atoms with Crippen molar-refractivity contribution in [2.24, 2.45) is 5.41 Å². The Labute approximate surface area is 83.6 Å². The third-order valence-corrected chi connectivity index (χ3v) is 3.50. The minimum atomic E-state index is 0.324. The van der Waals surface area contributed by atoms with Gasteiger partial charge >= 0.3 is 0 Å². The predicted octanol–water partition coefficient (Wildman–Crippen LogP) is 4.55. The minimum absolute atomic E-state index is 0.324. The van der Waals surface area contributed by atoms with E-state index in [0.717, 1.165) is 4.34 Å². The van der Waals surface area contributed by atoms with Crippen LogP contribution in [-0.2, 0) is 0 Å². The van der Waals surface area contributed by atoms with Gasteiger partial charge in [-0.25, -0.2) is 0 Å². The van der Waals surface area contributed by atoms with E-state index >= 15 is 0 Å². The summed E-state index contributed by atoms with van der Waals surface area (Å²) in [6.07, 6.45) is 0. The van der Waals surface area contributed by atoms with Crippen molar-refractivity contribution in [3.63, 3.8) is 0 Å². The monoisotopic (exact) mass is 202 g/mol. The highest BCUT2D eigenvalue weighted by molar-refractivity contribution is 7.14. The van der Waals surface area contributed by atoms with Crippen molar-refractivity contribution in [1.82, 2.24) is 0 Å². The summed E-state index contributed by atoms with van der Waals surface area (Å²) in [5.41, 5.74) is 1.68. The fraction of sp³-hybridized carbons (Fsp3) is 0.600. The van der Waals surface area contributed by atoms with Gasteiger partial charge in [0.15, 0.2) is 0 Å². The molecule has 68 valence electrons. The van der Waals surface area contributed by atoms with E-state index in [-0.39, 0.29) is 0 Å². The van der Waals surface area contributed by atoms with Gasteiger partial charge in [-0.15, -0.1) is 11.3 Å². The van der Waals surface area contributed by atoms with Crippen LogP contribution >= 0.6 is 22.9 Å². The standard InChI is InChI=1S/C10H15ClS/c1-7(10(2,3)4)8-5-9(11)12-6-8/h5-7H,1-4H3. The lowest BCUT2D eigenvalue weighted by molar-refractivity contribution is 0.340. The van der Waals surface area contributed by atoms with Crippen molar-refractivity contribution in [3.8, 4) is 0 Å². The molecule has 0 radical (unpaired) electrons. The fourth-order valence-electron chi connectivity index (χ4n) is 1.05. The van der Waals surface area contributed by atoms with E-state index in [1.165, 1.54) is 5.56 Å². The first-order chi connectivity index (χ1) is 5.41. The van der Waals surface area contributed by atoms with Gasteiger partial charge in [0.2, 0.25) is 0 Å². The van der Waals surface area contributed by atoms with Gasteiger partial charge in [-0.05, 0) is 28.3 Å². The molecular formula is C10H15ClS. The highest BCUT2D eigenvalue weighted by Crippen LogP contribution is 2.37. The third kappa shape index (κ3) is 2.24. The smallest absolute Gasteiger partial charge is 0.0931 e. The second kappa shape index (κ2) is 3.39. The van der Waals surface area contributed by atoms with Crippen LogP contribution < -0.4 is 0 Å². The molecule has 1 heterocycles. The van der Waals surface area contributed by atoms with Gasteiger partial charge in [0, 0.05) is 0 Å². The van der Waals surface area contributed by atoms with Crippen molar-refractivity contribution in [2.45, 2.75) is 33.6 Å². The van der Waals surface area contributed by atoms with Gasteiger partial charge in [-0.3, -0.25) is 0 Å². The Morgan fingerprint density at radius 2 is 2.00 bits per heavy atom. The second-order valence-electron chi connectivity index (χ2n) is 4.27. The Hall–Kier alpha value is -0.0100. The van der Waals surface area contributed by atoms with Crippen molar-refractivity contribution in [3.05, 3.63) is 21.3 Å². The first-order valence-electron chi connectivity index (χ1n) is 4.15. The normalized spacial score (nSPS) is 14.8. The lowest BCUT2D eigenvalue weighted by Gasteiger charge is -2.26. The van der Waals surface area contributed by atoms with Crippen LogP contribution in [0.15, 0.2) is 11.4 Å². The Morgan fingerprint density at radius 3 is 2.33 bits per heavy atom. The molecular weight excluding hydrogens is 188 g/mol. The summed E-state index contributed by atoms with van der Waals surface area (Å²) < 4.78 is 0.890. The van der Waals surface area contributed by atoms with Gasteiger partial charge in [0.05, 0.1) is 4.34 Å². The number of halogens is 1. The lowest BCUT2D eigenvalue weighted by Crippen LogP contribution is -2.14. The maximum absolute atomic E-state index is 5.87. The maximum Gasteiger partial charge on any atom is 0.0931 e. The summed E-state index contributed by atoms with van der Waals surface area (Å²) in [7, 11) is 0. The van der Waals surface area contributed by atoms with E-state index in [2.05, 4.69) is 39.1 Å². The average molecular weight is 203 g/mol. The van der Waals surface area contributed by atoms with Gasteiger partial charge in [0.1, 0.15) is 0 Å². The van der Waals surface area contributed by atoms with Crippen molar-refractivity contribution in [1.29, 1.82) is 0 Å². The SMILES string of the molecule is CC(c1csc(Cl)c1)C(C)(C)C. The summed E-state index contributed by atoms with van der Waals surface area (Å²) in [5, 5.41) is 2.15. The third-order valence-electron chi connectivity index (χ3n) is 2.39. The maximum atomic E-state index is 5.87. The molecule has 0 aliphatic rings. The van der Waals surface area contributed by atoms with E-state index in [1.54, 1.807) is 11.3 Å². The highest BCUT2D eigenvalue weighted by Gasteiger charge is 2.22. The summed E-state index contributed by atoms with van der Waals surface area (Å²) >= 11 is 7.49. The van der Waals surface area contributed by atoms with Crippen LogP contribution in [0, 0.1) is 5.41 Å². The van der Waals surface area contributed by atoms with E-state index in [0.29, 0.717) is 11.3 Å². The molecule has 0 fully saturated rings. The van der Waals surface area contributed by atoms with Gasteiger partial charge < -0.3 is 0 Å². The molecule has 0 nitrogen and oxygen atoms in total. The molecule has 12 heavy (non-hydrogen) atoms. The second-order valence-corrected chi connectivity index (χ2v) is 5.81. The predicted molar refractivity (Wildman–Crippen MR) is 57.2 cm³/mol. The number of hydrogen-bond donors (Lipinski definition) is 0. The molecule has 1 aromatic rings. The summed E-state index contributed by atoms with van der Waals surface area (Å²) in [4.78, 5) is 0. The quantitative estimate of drug-likeness (QED) is 0.627. The summed E-state index contributed by atoms with van der Waals surface area (Å²) in [5.74, 6) is 0.571. The zero-order valence-electron chi connectivity index (χ0n) is 8.02. The van der Waals surface area contributed by atoms with Crippen LogP contribution in [0.1, 0.15) is 39.2 Å². The molecule has 0 amide bonds. The Morgan fingerprint density at radius 1 is 1.42 bits per heavy atom. The Bertz CT molecular complexity index is 257. The molecule has 2 heteroatoms. The first-order valence-corrected chi connectivity index (χ1v) is 5.41. The molecule has 0 aromatic carbocycles. The van der Waals surface area contributed by atoms with Gasteiger partial charge in [-0.2, -0.15) is 0 Å². The van der Waals surface area contributed by atoms with Crippen molar-refractivity contribution < 1.29 is 0 Å². The zero-order chi connectivity index (χ0) is 9.35. The molecule has 0 N–H and O–H groups in total. The van der Waals surface area contributed by atoms with Crippen LogP contribution in [0.25, 0.3) is 0 Å². The van der Waals surface area contributed by atoms with E-state index in [1.807, 2.05) is 0 Å². The van der Waals surface area contributed by atoms with Crippen LogP contribution in [0.3, 0.4) is 0 Å². The van der Waals surface area contributed by atoms with E-state index < -0.39 is 0 Å². The Balaban J connectivity index is 2.85. The Kier molecular flexibility index (Phi) is 2.84. The van der Waals surface area contributed by atoms with E-state index in [9.17, 15) is 0 Å². The molecule has 1 aromatic heterocycles. The van der Waals surface area contributed by atoms with Gasteiger partial charge in [0.25, 0.3) is 0 Å². The van der Waals surface area contributed by atoms with Crippen LogP contribution in [-0.4, -0.2) is 0 Å². The number of thiophene rings is 1. The molecule has 0 saturated heterocycles. The number of rotatable bonds is 1. The van der Waals surface area contributed by atoms with Crippen LogP contribution in [0.4, 0.5) is 0 Å². The molecule has 1 unspecified atom stereocenters. The van der Waals surface area contributed by atoms with Gasteiger partial charge in [-0.1, -0.05) is 39.3 Å². The molecule has 1 atom stereocenters. The molecule has 1 rings (SSSR count). The van der Waals surface area contributed by atoms with E-state index in [4.69, 9.17) is 11.6 Å². The van der Waals surface area contributed by atoms with Crippen molar-refractivity contribution >= 4 is 22.9 Å². The molecule has 0 aliphatic heterocycles.